The van der Waals surface area contributed by atoms with E-state index in [0.717, 1.165) is 11.3 Å². The Labute approximate surface area is 126 Å². The van der Waals surface area contributed by atoms with Crippen LogP contribution in [0.4, 0.5) is 0 Å². The van der Waals surface area contributed by atoms with E-state index in [9.17, 15) is 8.42 Å². The third-order valence-electron chi connectivity index (χ3n) is 2.93. The molecule has 0 atom stereocenters. The number of halogens is 1. The fraction of sp³-hybridized carbons (Fsp3) is 0.571. The molecule has 0 aromatic heterocycles. The van der Waals surface area contributed by atoms with E-state index in [2.05, 4.69) is 0 Å². The number of hydrogen-bond acceptors (Lipinski definition) is 3. The van der Waals surface area contributed by atoms with Gasteiger partial charge in [0.15, 0.2) is 0 Å². The molecule has 0 saturated heterocycles. The van der Waals surface area contributed by atoms with E-state index in [1.54, 1.807) is 7.05 Å². The van der Waals surface area contributed by atoms with Gasteiger partial charge in [-0.15, -0.1) is 11.6 Å². The molecule has 0 spiro atoms. The SMILES string of the molecule is CCOc1ccccc1CN(C)S(=O)(=O)CCCCCl. The van der Waals surface area contributed by atoms with Crippen molar-refractivity contribution >= 4 is 21.6 Å². The van der Waals surface area contributed by atoms with Gasteiger partial charge in [0, 0.05) is 25.0 Å². The maximum absolute atomic E-state index is 12.1. The molecule has 114 valence electrons. The molecule has 4 nitrogen and oxygen atoms in total. The predicted molar refractivity (Wildman–Crippen MR) is 82.8 cm³/mol. The third kappa shape index (κ3) is 5.31. The van der Waals surface area contributed by atoms with Crippen LogP contribution in [0.1, 0.15) is 25.3 Å². The highest BCUT2D eigenvalue weighted by molar-refractivity contribution is 7.89. The summed E-state index contributed by atoms with van der Waals surface area (Å²) in [6, 6.07) is 7.50. The molecule has 0 aliphatic rings. The predicted octanol–water partition coefficient (Wildman–Crippen LogP) is 2.87. The van der Waals surface area contributed by atoms with Gasteiger partial charge in [0.05, 0.1) is 12.4 Å². The van der Waals surface area contributed by atoms with Crippen LogP contribution in [0.2, 0.25) is 0 Å². The van der Waals surface area contributed by atoms with Crippen LogP contribution in [0, 0.1) is 0 Å². The molecule has 0 aliphatic carbocycles. The molecule has 0 unspecified atom stereocenters. The summed E-state index contributed by atoms with van der Waals surface area (Å²) in [6.45, 7) is 2.78. The van der Waals surface area contributed by atoms with Crippen LogP contribution in [-0.2, 0) is 16.6 Å². The molecule has 1 rings (SSSR count). The second-order valence-corrected chi connectivity index (χ2v) is 7.08. The Morgan fingerprint density at radius 3 is 2.60 bits per heavy atom. The highest BCUT2D eigenvalue weighted by atomic mass is 35.5. The topological polar surface area (TPSA) is 46.6 Å². The minimum atomic E-state index is -3.24. The van der Waals surface area contributed by atoms with Crippen molar-refractivity contribution in [3.8, 4) is 5.75 Å². The van der Waals surface area contributed by atoms with Crippen LogP contribution in [0.5, 0.6) is 5.75 Å². The lowest BCUT2D eigenvalue weighted by Gasteiger charge is -2.19. The zero-order valence-electron chi connectivity index (χ0n) is 12.0. The van der Waals surface area contributed by atoms with E-state index < -0.39 is 10.0 Å². The lowest BCUT2D eigenvalue weighted by atomic mass is 10.2. The zero-order valence-corrected chi connectivity index (χ0v) is 13.6. The molecule has 0 fully saturated rings. The fourth-order valence-electron chi connectivity index (χ4n) is 1.80. The van der Waals surface area contributed by atoms with Crippen LogP contribution in [0.25, 0.3) is 0 Å². The van der Waals surface area contributed by atoms with Gasteiger partial charge >= 0.3 is 0 Å². The Morgan fingerprint density at radius 1 is 1.25 bits per heavy atom. The van der Waals surface area contributed by atoms with Gasteiger partial charge in [-0.25, -0.2) is 12.7 Å². The van der Waals surface area contributed by atoms with Crippen LogP contribution >= 0.6 is 11.6 Å². The molecule has 0 aliphatic heterocycles. The average Bonchev–Trinajstić information content (AvgIpc) is 2.41. The summed E-state index contributed by atoms with van der Waals surface area (Å²) in [5.74, 6) is 1.36. The monoisotopic (exact) mass is 319 g/mol. The summed E-state index contributed by atoms with van der Waals surface area (Å²) in [4.78, 5) is 0. The second kappa shape index (κ2) is 8.49. The molecule has 20 heavy (non-hydrogen) atoms. The molecular weight excluding hydrogens is 298 g/mol. The first-order valence-electron chi connectivity index (χ1n) is 6.72. The van der Waals surface area contributed by atoms with Gasteiger partial charge < -0.3 is 4.74 Å². The summed E-state index contributed by atoms with van der Waals surface area (Å²) in [7, 11) is -1.65. The van der Waals surface area contributed by atoms with Crippen molar-refractivity contribution in [1.82, 2.24) is 4.31 Å². The number of alkyl halides is 1. The van der Waals surface area contributed by atoms with Crippen LogP contribution in [-0.4, -0.2) is 38.0 Å². The summed E-state index contributed by atoms with van der Waals surface area (Å²) in [5.41, 5.74) is 0.873. The Hall–Kier alpha value is -0.780. The van der Waals surface area contributed by atoms with Crippen molar-refractivity contribution in [2.45, 2.75) is 26.3 Å². The number of ether oxygens (including phenoxy) is 1. The summed E-state index contributed by atoms with van der Waals surface area (Å²) >= 11 is 5.57. The van der Waals surface area contributed by atoms with Gasteiger partial charge in [-0.2, -0.15) is 0 Å². The number of rotatable bonds is 9. The Balaban J connectivity index is 2.72. The van der Waals surface area contributed by atoms with Crippen LogP contribution < -0.4 is 4.74 Å². The van der Waals surface area contributed by atoms with Gasteiger partial charge in [0.2, 0.25) is 10.0 Å². The van der Waals surface area contributed by atoms with E-state index in [4.69, 9.17) is 16.3 Å². The Morgan fingerprint density at radius 2 is 1.95 bits per heavy atom. The highest BCUT2D eigenvalue weighted by Gasteiger charge is 2.18. The zero-order chi connectivity index (χ0) is 15.0. The molecule has 0 saturated carbocycles. The maximum atomic E-state index is 12.1. The van der Waals surface area contributed by atoms with Crippen molar-refractivity contribution in [3.05, 3.63) is 29.8 Å². The molecule has 1 aromatic rings. The van der Waals surface area contributed by atoms with E-state index in [0.29, 0.717) is 31.9 Å². The summed E-state index contributed by atoms with van der Waals surface area (Å²) < 4.78 is 31.1. The summed E-state index contributed by atoms with van der Waals surface area (Å²) in [5, 5.41) is 0. The Bertz CT molecular complexity index is 505. The molecule has 0 bridgehead atoms. The van der Waals surface area contributed by atoms with E-state index in [-0.39, 0.29) is 5.75 Å². The summed E-state index contributed by atoms with van der Waals surface area (Å²) in [6.07, 6.45) is 1.30. The number of unbranched alkanes of at least 4 members (excludes halogenated alkanes) is 1. The fourth-order valence-corrected chi connectivity index (χ4v) is 3.21. The molecule has 1 aromatic carbocycles. The number of sulfonamides is 1. The van der Waals surface area contributed by atoms with Crippen LogP contribution in [0.15, 0.2) is 24.3 Å². The molecule has 0 heterocycles. The van der Waals surface area contributed by atoms with Crippen molar-refractivity contribution in [1.29, 1.82) is 0 Å². The van der Waals surface area contributed by atoms with Crippen molar-refractivity contribution in [2.75, 3.05) is 25.3 Å². The van der Waals surface area contributed by atoms with Crippen LogP contribution in [0.3, 0.4) is 0 Å². The van der Waals surface area contributed by atoms with Gasteiger partial charge in [-0.3, -0.25) is 0 Å². The van der Waals surface area contributed by atoms with E-state index in [1.807, 2.05) is 31.2 Å². The van der Waals surface area contributed by atoms with Crippen molar-refractivity contribution in [3.63, 3.8) is 0 Å². The standard InChI is InChI=1S/C14H22ClNO3S/c1-3-19-14-9-5-4-8-13(14)12-16(2)20(17,18)11-7-6-10-15/h4-5,8-9H,3,6-7,10-12H2,1-2H3. The second-order valence-electron chi connectivity index (χ2n) is 4.51. The average molecular weight is 320 g/mol. The number of para-hydroxylation sites is 1. The first-order chi connectivity index (χ1) is 9.51. The quantitative estimate of drug-likeness (QED) is 0.519. The normalized spacial score (nSPS) is 11.8. The lowest BCUT2D eigenvalue weighted by Crippen LogP contribution is -2.29. The number of nitrogens with zero attached hydrogens (tertiary/aromatic N) is 1. The molecule has 0 radical (unpaired) electrons. The van der Waals surface area contributed by atoms with E-state index in [1.165, 1.54) is 4.31 Å². The minimum Gasteiger partial charge on any atom is -0.494 e. The van der Waals surface area contributed by atoms with E-state index >= 15 is 0 Å². The van der Waals surface area contributed by atoms with Crippen molar-refractivity contribution in [2.24, 2.45) is 0 Å². The minimum absolute atomic E-state index is 0.132. The highest BCUT2D eigenvalue weighted by Crippen LogP contribution is 2.20. The van der Waals surface area contributed by atoms with Crippen molar-refractivity contribution < 1.29 is 13.2 Å². The largest absolute Gasteiger partial charge is 0.494 e. The number of hydrogen-bond donors (Lipinski definition) is 0. The first-order valence-corrected chi connectivity index (χ1v) is 8.86. The molecule has 6 heteroatoms. The molecule has 0 amide bonds. The van der Waals surface area contributed by atoms with Gasteiger partial charge in [0.25, 0.3) is 0 Å². The number of benzene rings is 1. The first kappa shape index (κ1) is 17.3. The van der Waals surface area contributed by atoms with Gasteiger partial charge in [-0.05, 0) is 25.8 Å². The molecule has 0 N–H and O–H groups in total. The smallest absolute Gasteiger partial charge is 0.214 e. The van der Waals surface area contributed by atoms with Gasteiger partial charge in [-0.1, -0.05) is 18.2 Å². The maximum Gasteiger partial charge on any atom is 0.214 e. The third-order valence-corrected chi connectivity index (χ3v) is 5.08. The molecular formula is C14H22ClNO3S. The lowest BCUT2D eigenvalue weighted by molar-refractivity contribution is 0.332. The van der Waals surface area contributed by atoms with Gasteiger partial charge in [0.1, 0.15) is 5.75 Å². The Kier molecular flexibility index (Phi) is 7.34.